The predicted octanol–water partition coefficient (Wildman–Crippen LogP) is 15.8. The highest BCUT2D eigenvalue weighted by molar-refractivity contribution is 6.19. The SMILES string of the molecule is c1ccc(-c2c(-c3ccccc3)c(-c3ccccc3)c3cc(-c4ccc5cc(N(c6ccccc6)c6ccccc6)ccc5c4)ccc3c2-c2ccccc2)cc1. The summed E-state index contributed by atoms with van der Waals surface area (Å²) in [5.74, 6) is 0. The molecule has 0 heterocycles. The molecule has 0 N–H and O–H groups in total. The first-order chi connectivity index (χ1) is 28.3. The third-order valence-corrected chi connectivity index (χ3v) is 11.0. The summed E-state index contributed by atoms with van der Waals surface area (Å²) in [4.78, 5) is 2.32. The Hall–Kier alpha value is -7.48. The van der Waals surface area contributed by atoms with Gasteiger partial charge in [0.2, 0.25) is 0 Å². The second-order valence-corrected chi connectivity index (χ2v) is 14.5. The van der Waals surface area contributed by atoms with E-state index in [4.69, 9.17) is 0 Å². The van der Waals surface area contributed by atoms with E-state index in [0.29, 0.717) is 0 Å². The van der Waals surface area contributed by atoms with Gasteiger partial charge in [-0.1, -0.05) is 188 Å². The molecule has 1 heteroatoms. The van der Waals surface area contributed by atoms with Crippen LogP contribution in [-0.2, 0) is 0 Å². The van der Waals surface area contributed by atoms with Crippen molar-refractivity contribution in [1.29, 1.82) is 0 Å². The van der Waals surface area contributed by atoms with Crippen molar-refractivity contribution in [2.45, 2.75) is 0 Å². The van der Waals surface area contributed by atoms with Gasteiger partial charge in [0.25, 0.3) is 0 Å². The maximum atomic E-state index is 2.42. The van der Waals surface area contributed by atoms with Crippen LogP contribution < -0.4 is 4.90 Å². The van der Waals surface area contributed by atoms with E-state index in [9.17, 15) is 0 Å². The van der Waals surface area contributed by atoms with Crippen LogP contribution in [0.3, 0.4) is 0 Å². The van der Waals surface area contributed by atoms with Crippen molar-refractivity contribution in [2.75, 3.05) is 4.90 Å². The van der Waals surface area contributed by atoms with Gasteiger partial charge in [-0.05, 0) is 126 Å². The van der Waals surface area contributed by atoms with Crippen LogP contribution in [0.5, 0.6) is 0 Å². The molecule has 10 aromatic rings. The van der Waals surface area contributed by atoms with E-state index >= 15 is 0 Å². The third-order valence-electron chi connectivity index (χ3n) is 11.0. The van der Waals surface area contributed by atoms with Crippen LogP contribution in [0.25, 0.3) is 77.2 Å². The first kappa shape index (κ1) is 34.0. The molecule has 1 nitrogen and oxygen atoms in total. The summed E-state index contributed by atoms with van der Waals surface area (Å²) in [5, 5.41) is 4.86. The zero-order valence-corrected chi connectivity index (χ0v) is 31.5. The number of nitrogens with zero attached hydrogens (tertiary/aromatic N) is 1. The summed E-state index contributed by atoms with van der Waals surface area (Å²) in [6.45, 7) is 0. The summed E-state index contributed by atoms with van der Waals surface area (Å²) in [6, 6.07) is 85.6. The Balaban J connectivity index is 1.20. The van der Waals surface area contributed by atoms with Crippen molar-refractivity contribution in [3.63, 3.8) is 0 Å². The molecule has 0 saturated heterocycles. The van der Waals surface area contributed by atoms with Gasteiger partial charge in [0.05, 0.1) is 0 Å². The highest BCUT2D eigenvalue weighted by atomic mass is 15.1. The molecule has 0 radical (unpaired) electrons. The van der Waals surface area contributed by atoms with Gasteiger partial charge in [-0.25, -0.2) is 0 Å². The molecular formula is C56H39N. The number of hydrogen-bond donors (Lipinski definition) is 0. The molecule has 57 heavy (non-hydrogen) atoms. The molecule has 268 valence electrons. The van der Waals surface area contributed by atoms with Gasteiger partial charge in [0, 0.05) is 17.1 Å². The van der Waals surface area contributed by atoms with E-state index in [1.807, 2.05) is 0 Å². The fraction of sp³-hybridized carbons (Fsp3) is 0. The van der Waals surface area contributed by atoms with Crippen molar-refractivity contribution in [3.05, 3.63) is 237 Å². The summed E-state index contributed by atoms with van der Waals surface area (Å²) < 4.78 is 0. The maximum absolute atomic E-state index is 2.42. The second kappa shape index (κ2) is 15.0. The lowest BCUT2D eigenvalue weighted by Crippen LogP contribution is -2.09. The van der Waals surface area contributed by atoms with Gasteiger partial charge < -0.3 is 4.90 Å². The molecule has 0 atom stereocenters. The lowest BCUT2D eigenvalue weighted by molar-refractivity contribution is 1.29. The number of benzene rings is 10. The van der Waals surface area contributed by atoms with Crippen molar-refractivity contribution in [3.8, 4) is 55.6 Å². The van der Waals surface area contributed by atoms with Crippen LogP contribution in [0.15, 0.2) is 237 Å². The van der Waals surface area contributed by atoms with E-state index < -0.39 is 0 Å². The molecule has 10 aromatic carbocycles. The first-order valence-corrected chi connectivity index (χ1v) is 19.6. The Labute approximate surface area is 334 Å². The van der Waals surface area contributed by atoms with Gasteiger partial charge in [-0.2, -0.15) is 0 Å². The third kappa shape index (κ3) is 6.46. The number of anilines is 3. The maximum Gasteiger partial charge on any atom is 0.0468 e. The van der Waals surface area contributed by atoms with E-state index in [0.717, 1.165) is 17.1 Å². The Morgan fingerprint density at radius 2 is 0.579 bits per heavy atom. The first-order valence-electron chi connectivity index (χ1n) is 19.6. The molecule has 0 aliphatic rings. The number of rotatable bonds is 8. The Morgan fingerprint density at radius 3 is 1.07 bits per heavy atom. The molecular weight excluding hydrogens is 687 g/mol. The molecule has 0 bridgehead atoms. The molecule has 0 aromatic heterocycles. The monoisotopic (exact) mass is 725 g/mol. The van der Waals surface area contributed by atoms with Gasteiger partial charge in [-0.3, -0.25) is 0 Å². The van der Waals surface area contributed by atoms with Crippen molar-refractivity contribution in [1.82, 2.24) is 0 Å². The highest BCUT2D eigenvalue weighted by Crippen LogP contribution is 2.51. The average molecular weight is 726 g/mol. The van der Waals surface area contributed by atoms with Gasteiger partial charge in [0.1, 0.15) is 0 Å². The summed E-state index contributed by atoms with van der Waals surface area (Å²) >= 11 is 0. The van der Waals surface area contributed by atoms with Gasteiger partial charge >= 0.3 is 0 Å². The molecule has 0 aliphatic carbocycles. The topological polar surface area (TPSA) is 3.24 Å². The largest absolute Gasteiger partial charge is 0.310 e. The summed E-state index contributed by atoms with van der Waals surface area (Å²) in [5.41, 5.74) is 15.5. The smallest absolute Gasteiger partial charge is 0.0468 e. The average Bonchev–Trinajstić information content (AvgIpc) is 3.30. The lowest BCUT2D eigenvalue weighted by atomic mass is 9.78. The molecule has 0 fully saturated rings. The normalized spacial score (nSPS) is 11.2. The van der Waals surface area contributed by atoms with Crippen LogP contribution in [0.1, 0.15) is 0 Å². The Morgan fingerprint density at radius 1 is 0.211 bits per heavy atom. The number of para-hydroxylation sites is 2. The fourth-order valence-electron chi connectivity index (χ4n) is 8.42. The molecule has 0 unspecified atom stereocenters. The van der Waals surface area contributed by atoms with Crippen molar-refractivity contribution < 1.29 is 0 Å². The van der Waals surface area contributed by atoms with E-state index in [2.05, 4.69) is 241 Å². The Kier molecular flexibility index (Phi) is 8.95. The van der Waals surface area contributed by atoms with Crippen LogP contribution >= 0.6 is 0 Å². The zero-order valence-electron chi connectivity index (χ0n) is 31.5. The molecule has 0 amide bonds. The summed E-state index contributed by atoms with van der Waals surface area (Å²) in [7, 11) is 0. The highest BCUT2D eigenvalue weighted by Gasteiger charge is 2.24. The van der Waals surface area contributed by atoms with Crippen molar-refractivity contribution >= 4 is 38.6 Å². The van der Waals surface area contributed by atoms with Crippen LogP contribution in [0, 0.1) is 0 Å². The van der Waals surface area contributed by atoms with Gasteiger partial charge in [-0.15, -0.1) is 0 Å². The number of hydrogen-bond acceptors (Lipinski definition) is 1. The molecule has 0 spiro atoms. The van der Waals surface area contributed by atoms with Crippen LogP contribution in [-0.4, -0.2) is 0 Å². The number of fused-ring (bicyclic) bond motifs is 2. The lowest BCUT2D eigenvalue weighted by Gasteiger charge is -2.25. The van der Waals surface area contributed by atoms with Crippen molar-refractivity contribution in [2.24, 2.45) is 0 Å². The van der Waals surface area contributed by atoms with E-state index in [1.165, 1.54) is 77.2 Å². The predicted molar refractivity (Wildman–Crippen MR) is 243 cm³/mol. The zero-order chi connectivity index (χ0) is 38.0. The minimum Gasteiger partial charge on any atom is -0.310 e. The van der Waals surface area contributed by atoms with Crippen LogP contribution in [0.2, 0.25) is 0 Å². The fourth-order valence-corrected chi connectivity index (χ4v) is 8.42. The minimum absolute atomic E-state index is 1.13. The standard InChI is InChI=1S/C56H39N/c1-7-19-40(20-8-1)53-51-36-34-47(44-31-32-46-38-50(35-33-45(46)37-44)57(48-27-15-5-16-28-48)49-29-17-6-18-30-49)39-52(51)54(41-21-9-2-10-22-41)56(43-25-13-4-14-26-43)55(53)42-23-11-3-12-24-42/h1-39H. The molecule has 0 saturated carbocycles. The quantitative estimate of drug-likeness (QED) is 0.151. The molecule has 10 rings (SSSR count). The Bertz CT molecular complexity index is 2920. The van der Waals surface area contributed by atoms with E-state index in [-0.39, 0.29) is 0 Å². The molecule has 0 aliphatic heterocycles. The van der Waals surface area contributed by atoms with Crippen LogP contribution in [0.4, 0.5) is 17.1 Å². The minimum atomic E-state index is 1.13. The second-order valence-electron chi connectivity index (χ2n) is 14.5. The summed E-state index contributed by atoms with van der Waals surface area (Å²) in [6.07, 6.45) is 0. The van der Waals surface area contributed by atoms with E-state index in [1.54, 1.807) is 0 Å². The van der Waals surface area contributed by atoms with Gasteiger partial charge in [0.15, 0.2) is 0 Å².